The molecule has 0 saturated carbocycles. The highest BCUT2D eigenvalue weighted by Crippen LogP contribution is 2.19. The molecular formula is C14H17ClFN3O2. The lowest BCUT2D eigenvalue weighted by Crippen LogP contribution is -2.55. The summed E-state index contributed by atoms with van der Waals surface area (Å²) in [6.45, 7) is 1.51. The van der Waals surface area contributed by atoms with Gasteiger partial charge in [-0.2, -0.15) is 0 Å². The number of nitrogens with zero attached hydrogens (tertiary/aromatic N) is 1. The molecule has 1 aromatic rings. The van der Waals surface area contributed by atoms with Gasteiger partial charge in [0.2, 0.25) is 11.8 Å². The zero-order valence-electron chi connectivity index (χ0n) is 11.7. The molecule has 0 aliphatic carbocycles. The number of halogens is 2. The summed E-state index contributed by atoms with van der Waals surface area (Å²) in [6.07, 6.45) is 0.0818. The lowest BCUT2D eigenvalue weighted by molar-refractivity contribution is -0.134. The van der Waals surface area contributed by atoms with Crippen LogP contribution in [0.25, 0.3) is 0 Å². The van der Waals surface area contributed by atoms with Crippen molar-refractivity contribution >= 4 is 23.4 Å². The highest BCUT2D eigenvalue weighted by Gasteiger charge is 2.31. The third-order valence-corrected chi connectivity index (χ3v) is 3.78. The van der Waals surface area contributed by atoms with Gasteiger partial charge in [0, 0.05) is 26.7 Å². The van der Waals surface area contributed by atoms with Crippen LogP contribution in [0.15, 0.2) is 18.2 Å². The minimum Gasteiger partial charge on any atom is -0.359 e. The van der Waals surface area contributed by atoms with Crippen LogP contribution in [0.1, 0.15) is 12.0 Å². The molecule has 0 radical (unpaired) electrons. The zero-order chi connectivity index (χ0) is 15.4. The molecule has 0 unspecified atom stereocenters. The van der Waals surface area contributed by atoms with Crippen molar-refractivity contribution in [2.45, 2.75) is 19.0 Å². The molecule has 0 bridgehead atoms. The van der Waals surface area contributed by atoms with E-state index in [4.69, 9.17) is 11.6 Å². The van der Waals surface area contributed by atoms with Crippen LogP contribution in [-0.2, 0) is 16.1 Å². The van der Waals surface area contributed by atoms with Crippen LogP contribution in [0.3, 0.4) is 0 Å². The molecule has 1 saturated heterocycles. The Bertz CT molecular complexity index is 553. The Morgan fingerprint density at radius 3 is 3.00 bits per heavy atom. The van der Waals surface area contributed by atoms with E-state index in [2.05, 4.69) is 10.6 Å². The molecule has 0 spiro atoms. The van der Waals surface area contributed by atoms with Crippen molar-refractivity contribution in [1.82, 2.24) is 15.5 Å². The molecule has 1 fully saturated rings. The van der Waals surface area contributed by atoms with Crippen molar-refractivity contribution in [1.29, 1.82) is 0 Å². The Hall–Kier alpha value is -1.66. The van der Waals surface area contributed by atoms with E-state index in [0.29, 0.717) is 25.2 Å². The number of piperazine rings is 1. The highest BCUT2D eigenvalue weighted by molar-refractivity contribution is 6.30. The molecule has 7 heteroatoms. The molecule has 1 aliphatic rings. The van der Waals surface area contributed by atoms with Crippen molar-refractivity contribution in [3.05, 3.63) is 34.6 Å². The summed E-state index contributed by atoms with van der Waals surface area (Å²) in [5, 5.41) is 5.32. The average Bonchev–Trinajstić information content (AvgIpc) is 2.46. The fourth-order valence-electron chi connectivity index (χ4n) is 2.32. The second-order valence-corrected chi connectivity index (χ2v) is 5.31. The number of hydrogen-bond acceptors (Lipinski definition) is 3. The summed E-state index contributed by atoms with van der Waals surface area (Å²) in [4.78, 5) is 25.3. The predicted molar refractivity (Wildman–Crippen MR) is 77.3 cm³/mol. The second-order valence-electron chi connectivity index (χ2n) is 4.90. The van der Waals surface area contributed by atoms with Crippen LogP contribution in [0.2, 0.25) is 5.02 Å². The molecule has 2 rings (SSSR count). The van der Waals surface area contributed by atoms with Gasteiger partial charge in [-0.15, -0.1) is 0 Å². The maximum atomic E-state index is 13.5. The smallest absolute Gasteiger partial charge is 0.237 e. The monoisotopic (exact) mass is 313 g/mol. The zero-order valence-corrected chi connectivity index (χ0v) is 12.4. The van der Waals surface area contributed by atoms with E-state index >= 15 is 0 Å². The van der Waals surface area contributed by atoms with Gasteiger partial charge in [0.15, 0.2) is 0 Å². The van der Waals surface area contributed by atoms with Crippen LogP contribution in [0.5, 0.6) is 0 Å². The molecule has 2 amide bonds. The van der Waals surface area contributed by atoms with Crippen LogP contribution in [-0.4, -0.2) is 42.9 Å². The summed E-state index contributed by atoms with van der Waals surface area (Å²) in [5.74, 6) is -0.873. The van der Waals surface area contributed by atoms with Gasteiger partial charge >= 0.3 is 0 Å². The Kier molecular flexibility index (Phi) is 5.14. The second kappa shape index (κ2) is 6.87. The van der Waals surface area contributed by atoms with Gasteiger partial charge in [0.05, 0.1) is 17.5 Å². The molecule has 2 N–H and O–H groups in total. The van der Waals surface area contributed by atoms with Crippen LogP contribution in [0.4, 0.5) is 4.39 Å². The Morgan fingerprint density at radius 2 is 2.33 bits per heavy atom. The minimum atomic E-state index is -0.544. The van der Waals surface area contributed by atoms with Gasteiger partial charge < -0.3 is 10.6 Å². The topological polar surface area (TPSA) is 61.4 Å². The van der Waals surface area contributed by atoms with E-state index in [1.807, 2.05) is 4.90 Å². The number of amides is 2. The van der Waals surface area contributed by atoms with Crippen LogP contribution < -0.4 is 10.6 Å². The first-order chi connectivity index (χ1) is 10.0. The van der Waals surface area contributed by atoms with E-state index in [9.17, 15) is 14.0 Å². The highest BCUT2D eigenvalue weighted by atomic mass is 35.5. The number of carbonyl (C=O) groups is 2. The number of hydrogen-bond donors (Lipinski definition) is 2. The summed E-state index contributed by atoms with van der Waals surface area (Å²) < 4.78 is 13.5. The van der Waals surface area contributed by atoms with Crippen LogP contribution in [0, 0.1) is 5.82 Å². The maximum Gasteiger partial charge on any atom is 0.237 e. The molecule has 1 atom stereocenters. The number of benzene rings is 1. The van der Waals surface area contributed by atoms with Crippen molar-refractivity contribution in [3.8, 4) is 0 Å². The van der Waals surface area contributed by atoms with Crippen molar-refractivity contribution < 1.29 is 14.0 Å². The lowest BCUT2D eigenvalue weighted by Gasteiger charge is -2.34. The summed E-state index contributed by atoms with van der Waals surface area (Å²) >= 11 is 5.66. The maximum absolute atomic E-state index is 13.5. The predicted octanol–water partition coefficient (Wildman–Crippen LogP) is 0.916. The van der Waals surface area contributed by atoms with E-state index in [1.54, 1.807) is 6.07 Å². The SMILES string of the molecule is CNC(=O)C[C@@H]1C(=O)NCCN1Cc1ccc(Cl)c(F)c1. The van der Waals surface area contributed by atoms with Crippen molar-refractivity contribution in [3.63, 3.8) is 0 Å². The average molecular weight is 314 g/mol. The molecular weight excluding hydrogens is 297 g/mol. The van der Waals surface area contributed by atoms with Crippen LogP contribution >= 0.6 is 11.6 Å². The standard InChI is InChI=1S/C14H17ClFN3O2/c1-17-13(20)7-12-14(21)18-4-5-19(12)8-9-2-3-10(15)11(16)6-9/h2-3,6,12H,4-5,7-8H2,1H3,(H,17,20)(H,18,21)/t12-/m1/s1. The third-order valence-electron chi connectivity index (χ3n) is 3.47. The summed E-state index contributed by atoms with van der Waals surface area (Å²) in [6, 6.07) is 4.02. The Balaban J connectivity index is 2.12. The lowest BCUT2D eigenvalue weighted by atomic mass is 10.1. The van der Waals surface area contributed by atoms with E-state index in [-0.39, 0.29) is 23.3 Å². The third kappa shape index (κ3) is 3.92. The normalized spacial score (nSPS) is 19.2. The quantitative estimate of drug-likeness (QED) is 0.869. The molecule has 21 heavy (non-hydrogen) atoms. The first-order valence-corrected chi connectivity index (χ1v) is 7.05. The van der Waals surface area contributed by atoms with Gasteiger partial charge in [-0.1, -0.05) is 17.7 Å². The molecule has 5 nitrogen and oxygen atoms in total. The Labute approximate surface area is 127 Å². The van der Waals surface area contributed by atoms with E-state index < -0.39 is 11.9 Å². The van der Waals surface area contributed by atoms with Gasteiger partial charge in [-0.25, -0.2) is 4.39 Å². The summed E-state index contributed by atoms with van der Waals surface area (Å²) in [7, 11) is 1.53. The fourth-order valence-corrected chi connectivity index (χ4v) is 2.44. The fraction of sp³-hybridized carbons (Fsp3) is 0.429. The largest absolute Gasteiger partial charge is 0.359 e. The van der Waals surface area contributed by atoms with Gasteiger partial charge in [0.1, 0.15) is 5.82 Å². The molecule has 1 aromatic carbocycles. The molecule has 1 heterocycles. The van der Waals surface area contributed by atoms with Crippen molar-refractivity contribution in [2.75, 3.05) is 20.1 Å². The minimum absolute atomic E-state index is 0.0667. The number of rotatable bonds is 4. The van der Waals surface area contributed by atoms with Gasteiger partial charge in [-0.3, -0.25) is 14.5 Å². The van der Waals surface area contributed by atoms with E-state index in [1.165, 1.54) is 19.2 Å². The van der Waals surface area contributed by atoms with Gasteiger partial charge in [0.25, 0.3) is 0 Å². The first-order valence-electron chi connectivity index (χ1n) is 6.67. The number of carbonyl (C=O) groups excluding carboxylic acids is 2. The van der Waals surface area contributed by atoms with Crippen molar-refractivity contribution in [2.24, 2.45) is 0 Å². The Morgan fingerprint density at radius 1 is 1.57 bits per heavy atom. The molecule has 1 aliphatic heterocycles. The first kappa shape index (κ1) is 15.7. The number of nitrogens with one attached hydrogen (secondary N) is 2. The summed E-state index contributed by atoms with van der Waals surface area (Å²) in [5.41, 5.74) is 0.716. The van der Waals surface area contributed by atoms with Gasteiger partial charge in [-0.05, 0) is 17.7 Å². The molecule has 114 valence electrons. The molecule has 0 aromatic heterocycles. The van der Waals surface area contributed by atoms with E-state index in [0.717, 1.165) is 0 Å².